The van der Waals surface area contributed by atoms with Gasteiger partial charge in [0, 0.05) is 64.3 Å². The normalized spacial score (nSPS) is 20.5. The number of rotatable bonds is 8. The number of nitrogens with one attached hydrogen (secondary N) is 1. The molecule has 0 radical (unpaired) electrons. The van der Waals surface area contributed by atoms with E-state index in [0.717, 1.165) is 39.1 Å². The Hall–Kier alpha value is -1.95. The van der Waals surface area contributed by atoms with Gasteiger partial charge < -0.3 is 10.1 Å². The summed E-state index contributed by atoms with van der Waals surface area (Å²) in [6, 6.07) is 9.77. The predicted octanol–water partition coefficient (Wildman–Crippen LogP) is 5.55. The highest BCUT2D eigenvalue weighted by molar-refractivity contribution is 5.58. The lowest BCUT2D eigenvalue weighted by Crippen LogP contribution is -2.44. The molecular formula is C30H46N4O. The number of likely N-dealkylation sites (tertiary alicyclic amines) is 2. The molecule has 1 atom stereocenters. The van der Waals surface area contributed by atoms with Gasteiger partial charge in [0.2, 0.25) is 0 Å². The van der Waals surface area contributed by atoms with E-state index in [1.807, 2.05) is 7.11 Å². The van der Waals surface area contributed by atoms with Crippen molar-refractivity contribution in [2.45, 2.75) is 91.0 Å². The number of nitrogens with zero attached hydrogens (tertiary/aromatic N) is 3. The Bertz CT molecular complexity index is 958. The SMILES string of the molecule is CCc1cnc(CN2CCC(N3CCC(OC)C3)CC2)c(C)c1NCc1ccc(C(C)(C)C)cc1. The topological polar surface area (TPSA) is 40.6 Å². The lowest BCUT2D eigenvalue weighted by molar-refractivity contribution is 0.0825. The van der Waals surface area contributed by atoms with Crippen LogP contribution in [0.5, 0.6) is 0 Å². The first-order valence-corrected chi connectivity index (χ1v) is 13.6. The van der Waals surface area contributed by atoms with Crippen LogP contribution < -0.4 is 5.32 Å². The van der Waals surface area contributed by atoms with E-state index in [-0.39, 0.29) is 5.41 Å². The average Bonchev–Trinajstić information content (AvgIpc) is 3.34. The summed E-state index contributed by atoms with van der Waals surface area (Å²) >= 11 is 0. The molecule has 5 heteroatoms. The fourth-order valence-corrected chi connectivity index (χ4v) is 5.62. The fourth-order valence-electron chi connectivity index (χ4n) is 5.62. The molecule has 0 spiro atoms. The van der Waals surface area contributed by atoms with Crippen LogP contribution in [0, 0.1) is 6.92 Å². The number of anilines is 1. The molecule has 1 unspecified atom stereocenters. The van der Waals surface area contributed by atoms with Crippen molar-refractivity contribution in [2.75, 3.05) is 38.6 Å². The zero-order chi connectivity index (χ0) is 25.0. The van der Waals surface area contributed by atoms with Crippen LogP contribution in [0.15, 0.2) is 30.5 Å². The molecule has 1 N–H and O–H groups in total. The van der Waals surface area contributed by atoms with Gasteiger partial charge in [-0.1, -0.05) is 52.0 Å². The van der Waals surface area contributed by atoms with Crippen molar-refractivity contribution < 1.29 is 4.74 Å². The van der Waals surface area contributed by atoms with Gasteiger partial charge in [-0.2, -0.15) is 0 Å². The fraction of sp³-hybridized carbons (Fsp3) is 0.633. The first kappa shape index (κ1) is 26.1. The maximum absolute atomic E-state index is 5.58. The second kappa shape index (κ2) is 11.4. The second-order valence-electron chi connectivity index (χ2n) is 11.5. The van der Waals surface area contributed by atoms with Gasteiger partial charge >= 0.3 is 0 Å². The quantitative estimate of drug-likeness (QED) is 0.539. The molecule has 0 amide bonds. The summed E-state index contributed by atoms with van der Waals surface area (Å²) in [5.41, 5.74) is 7.98. The van der Waals surface area contributed by atoms with E-state index >= 15 is 0 Å². The summed E-state index contributed by atoms with van der Waals surface area (Å²) in [6.45, 7) is 17.6. The number of benzene rings is 1. The van der Waals surface area contributed by atoms with Crippen LogP contribution in [0.4, 0.5) is 5.69 Å². The van der Waals surface area contributed by atoms with Gasteiger partial charge in [-0.15, -0.1) is 0 Å². The van der Waals surface area contributed by atoms with Crippen molar-refractivity contribution in [3.8, 4) is 0 Å². The molecule has 0 aliphatic carbocycles. The molecule has 3 heterocycles. The zero-order valence-corrected chi connectivity index (χ0v) is 22.9. The summed E-state index contributed by atoms with van der Waals surface area (Å²) in [5.74, 6) is 0. The van der Waals surface area contributed by atoms with Crippen LogP contribution >= 0.6 is 0 Å². The van der Waals surface area contributed by atoms with Gasteiger partial charge in [0.1, 0.15) is 0 Å². The molecule has 2 aliphatic rings. The van der Waals surface area contributed by atoms with Crippen molar-refractivity contribution in [1.82, 2.24) is 14.8 Å². The van der Waals surface area contributed by atoms with Crippen molar-refractivity contribution in [2.24, 2.45) is 0 Å². The van der Waals surface area contributed by atoms with Crippen molar-refractivity contribution in [3.63, 3.8) is 0 Å². The van der Waals surface area contributed by atoms with Crippen LogP contribution in [0.2, 0.25) is 0 Å². The van der Waals surface area contributed by atoms with Crippen LogP contribution in [0.25, 0.3) is 0 Å². The molecule has 2 aliphatic heterocycles. The summed E-state index contributed by atoms with van der Waals surface area (Å²) in [4.78, 5) is 10.2. The first-order chi connectivity index (χ1) is 16.8. The Balaban J connectivity index is 1.36. The maximum atomic E-state index is 5.58. The molecule has 1 aromatic heterocycles. The minimum absolute atomic E-state index is 0.188. The Morgan fingerprint density at radius 1 is 1.06 bits per heavy atom. The van der Waals surface area contributed by atoms with Gasteiger partial charge in [0.15, 0.2) is 0 Å². The van der Waals surface area contributed by atoms with Gasteiger partial charge in [-0.25, -0.2) is 0 Å². The van der Waals surface area contributed by atoms with Crippen LogP contribution in [0.1, 0.15) is 74.9 Å². The van der Waals surface area contributed by atoms with Gasteiger partial charge in [-0.3, -0.25) is 14.8 Å². The van der Waals surface area contributed by atoms with E-state index in [2.05, 4.69) is 80.2 Å². The molecule has 4 rings (SSSR count). The summed E-state index contributed by atoms with van der Waals surface area (Å²) < 4.78 is 5.58. The monoisotopic (exact) mass is 478 g/mol. The molecule has 192 valence electrons. The predicted molar refractivity (Wildman–Crippen MR) is 146 cm³/mol. The molecule has 0 saturated carbocycles. The molecule has 1 aromatic carbocycles. The summed E-state index contributed by atoms with van der Waals surface area (Å²) in [7, 11) is 1.85. The highest BCUT2D eigenvalue weighted by Crippen LogP contribution is 2.28. The van der Waals surface area contributed by atoms with E-state index in [1.165, 1.54) is 59.4 Å². The van der Waals surface area contributed by atoms with Crippen molar-refractivity contribution in [3.05, 3.63) is 58.4 Å². The largest absolute Gasteiger partial charge is 0.380 e. The molecule has 0 bridgehead atoms. The van der Waals surface area contributed by atoms with Crippen molar-refractivity contribution in [1.29, 1.82) is 0 Å². The Morgan fingerprint density at radius 3 is 2.37 bits per heavy atom. The number of piperidine rings is 1. The lowest BCUT2D eigenvalue weighted by atomic mass is 9.87. The molecule has 2 aromatic rings. The third-order valence-electron chi connectivity index (χ3n) is 8.13. The lowest BCUT2D eigenvalue weighted by Gasteiger charge is -2.36. The standard InChI is InChI=1S/C30H46N4O/c1-7-24-19-31-28(21-33-15-12-26(13-16-33)34-17-14-27(20-34)35-6)22(2)29(24)32-18-23-8-10-25(11-9-23)30(3,4)5/h8-11,19,26-27H,7,12-18,20-21H2,1-6H3,(H,31,32). The highest BCUT2D eigenvalue weighted by atomic mass is 16.5. The summed E-state index contributed by atoms with van der Waals surface area (Å²) in [5, 5.41) is 3.76. The van der Waals surface area contributed by atoms with Crippen LogP contribution in [-0.2, 0) is 29.7 Å². The van der Waals surface area contributed by atoms with Gasteiger partial charge in [0.25, 0.3) is 0 Å². The number of methoxy groups -OCH3 is 1. The molecule has 5 nitrogen and oxygen atoms in total. The van der Waals surface area contributed by atoms with E-state index in [0.29, 0.717) is 12.1 Å². The molecular weight excluding hydrogens is 432 g/mol. The minimum Gasteiger partial charge on any atom is -0.380 e. The molecule has 2 fully saturated rings. The number of aromatic nitrogens is 1. The number of pyridine rings is 1. The highest BCUT2D eigenvalue weighted by Gasteiger charge is 2.30. The van der Waals surface area contributed by atoms with E-state index in [1.54, 1.807) is 0 Å². The number of ether oxygens (including phenoxy) is 1. The Kier molecular flexibility index (Phi) is 8.51. The number of hydrogen-bond donors (Lipinski definition) is 1. The maximum Gasteiger partial charge on any atom is 0.0710 e. The van der Waals surface area contributed by atoms with Gasteiger partial charge in [-0.05, 0) is 60.3 Å². The number of aryl methyl sites for hydroxylation is 1. The third kappa shape index (κ3) is 6.44. The van der Waals surface area contributed by atoms with Crippen LogP contribution in [0.3, 0.4) is 0 Å². The van der Waals surface area contributed by atoms with E-state index < -0.39 is 0 Å². The van der Waals surface area contributed by atoms with E-state index in [4.69, 9.17) is 9.72 Å². The van der Waals surface area contributed by atoms with Gasteiger partial charge in [0.05, 0.1) is 11.8 Å². The number of hydrogen-bond acceptors (Lipinski definition) is 5. The zero-order valence-electron chi connectivity index (χ0n) is 22.9. The smallest absolute Gasteiger partial charge is 0.0710 e. The Labute approximate surface area is 213 Å². The summed E-state index contributed by atoms with van der Waals surface area (Å²) in [6.07, 6.45) is 7.19. The minimum atomic E-state index is 0.188. The van der Waals surface area contributed by atoms with Crippen LogP contribution in [-0.4, -0.2) is 60.2 Å². The van der Waals surface area contributed by atoms with E-state index in [9.17, 15) is 0 Å². The Morgan fingerprint density at radius 2 is 1.77 bits per heavy atom. The first-order valence-electron chi connectivity index (χ1n) is 13.6. The van der Waals surface area contributed by atoms with Crippen molar-refractivity contribution >= 4 is 5.69 Å². The molecule has 35 heavy (non-hydrogen) atoms. The average molecular weight is 479 g/mol. The molecule has 2 saturated heterocycles. The third-order valence-corrected chi connectivity index (χ3v) is 8.13. The second-order valence-corrected chi connectivity index (χ2v) is 11.5.